The predicted octanol–water partition coefficient (Wildman–Crippen LogP) is 5.68. The summed E-state index contributed by atoms with van der Waals surface area (Å²) in [7, 11) is 0. The molecule has 0 N–H and O–H groups in total. The van der Waals surface area contributed by atoms with Crippen LogP contribution in [0.25, 0.3) is 0 Å². The molecule has 1 rings (SSSR count). The second kappa shape index (κ2) is 7.18. The first-order chi connectivity index (χ1) is 10.1. The van der Waals surface area contributed by atoms with Gasteiger partial charge in [-0.15, -0.1) is 0 Å². The Hall–Kier alpha value is -1.49. The van der Waals surface area contributed by atoms with E-state index >= 15 is 0 Å². The highest BCUT2D eigenvalue weighted by atomic mass is 35.5. The molecule has 0 aromatic rings. The summed E-state index contributed by atoms with van der Waals surface area (Å²) in [5, 5.41) is 3.96. The molecular formula is C16H19ClF3NO. The topological polar surface area (TPSA) is 21.6 Å². The van der Waals surface area contributed by atoms with Crippen LogP contribution in [0.5, 0.6) is 0 Å². The van der Waals surface area contributed by atoms with Crippen LogP contribution in [0.15, 0.2) is 52.2 Å². The van der Waals surface area contributed by atoms with E-state index in [1.807, 2.05) is 6.92 Å². The van der Waals surface area contributed by atoms with Crippen molar-refractivity contribution in [2.75, 3.05) is 0 Å². The number of hydrogen-bond donors (Lipinski definition) is 0. The summed E-state index contributed by atoms with van der Waals surface area (Å²) in [6.07, 6.45) is 1.08. The summed E-state index contributed by atoms with van der Waals surface area (Å²) in [6.45, 7) is 8.69. The molecule has 2 nitrogen and oxygen atoms in total. The maximum atomic E-state index is 13.4. The van der Waals surface area contributed by atoms with Gasteiger partial charge in [-0.05, 0) is 26.3 Å². The monoisotopic (exact) mass is 333 g/mol. The van der Waals surface area contributed by atoms with Crippen LogP contribution in [0, 0.1) is 0 Å². The summed E-state index contributed by atoms with van der Waals surface area (Å²) in [5.74, 6) is 0. The third-order valence-electron chi connectivity index (χ3n) is 3.36. The number of hydrogen-bond acceptors (Lipinski definition) is 2. The molecule has 1 aliphatic rings. The second-order valence-electron chi connectivity index (χ2n) is 5.13. The molecule has 1 atom stereocenters. The fraction of sp³-hybridized carbons (Fsp3) is 0.438. The molecule has 0 amide bonds. The average molecular weight is 334 g/mol. The van der Waals surface area contributed by atoms with E-state index in [0.717, 1.165) is 5.57 Å². The van der Waals surface area contributed by atoms with Gasteiger partial charge < -0.3 is 4.84 Å². The van der Waals surface area contributed by atoms with Crippen molar-refractivity contribution < 1.29 is 18.0 Å². The van der Waals surface area contributed by atoms with Gasteiger partial charge in [-0.1, -0.05) is 53.2 Å². The van der Waals surface area contributed by atoms with Crippen LogP contribution in [-0.4, -0.2) is 17.5 Å². The lowest BCUT2D eigenvalue weighted by atomic mass is 9.89. The molecule has 1 heterocycles. The predicted molar refractivity (Wildman–Crippen MR) is 83.9 cm³/mol. The van der Waals surface area contributed by atoms with Crippen LogP contribution in [0.4, 0.5) is 13.2 Å². The highest BCUT2D eigenvalue weighted by molar-refractivity contribution is 6.29. The summed E-state index contributed by atoms with van der Waals surface area (Å²) in [4.78, 5) is 4.83. The number of nitrogens with zero attached hydrogens (tertiary/aromatic N) is 1. The minimum atomic E-state index is -4.54. The van der Waals surface area contributed by atoms with Crippen LogP contribution in [0.1, 0.15) is 33.6 Å². The van der Waals surface area contributed by atoms with Crippen LogP contribution >= 0.6 is 11.6 Å². The fourth-order valence-electron chi connectivity index (χ4n) is 1.95. The van der Waals surface area contributed by atoms with E-state index in [4.69, 9.17) is 16.4 Å². The van der Waals surface area contributed by atoms with Crippen LogP contribution in [0.2, 0.25) is 0 Å². The van der Waals surface area contributed by atoms with Crippen molar-refractivity contribution in [2.24, 2.45) is 5.16 Å². The van der Waals surface area contributed by atoms with Gasteiger partial charge in [0.25, 0.3) is 0 Å². The van der Waals surface area contributed by atoms with Crippen molar-refractivity contribution in [2.45, 2.75) is 45.4 Å². The van der Waals surface area contributed by atoms with Gasteiger partial charge in [0.15, 0.2) is 0 Å². The van der Waals surface area contributed by atoms with Gasteiger partial charge in [-0.25, -0.2) is 0 Å². The third-order valence-corrected chi connectivity index (χ3v) is 3.52. The Kier molecular flexibility index (Phi) is 6.06. The van der Waals surface area contributed by atoms with E-state index in [9.17, 15) is 13.2 Å². The summed E-state index contributed by atoms with van der Waals surface area (Å²) in [6, 6.07) is 0. The third kappa shape index (κ3) is 4.26. The smallest absolute Gasteiger partial charge is 0.378 e. The SMILES string of the molecule is C=CC(C)=CC(=CC)C1=NOC(CC=C(C)Cl)(C(F)(F)F)C1. The molecule has 6 heteroatoms. The first-order valence-corrected chi connectivity index (χ1v) is 7.14. The lowest BCUT2D eigenvalue weighted by Gasteiger charge is -2.28. The van der Waals surface area contributed by atoms with Crippen molar-refractivity contribution in [1.82, 2.24) is 0 Å². The molecule has 0 saturated heterocycles. The minimum absolute atomic E-state index is 0.265. The van der Waals surface area contributed by atoms with Gasteiger partial charge in [0.1, 0.15) is 0 Å². The first kappa shape index (κ1) is 18.6. The van der Waals surface area contributed by atoms with Gasteiger partial charge in [0.05, 0.1) is 5.71 Å². The Labute approximate surface area is 133 Å². The standard InChI is InChI=1S/C16H19ClF3NO/c1-5-11(3)9-13(6-2)14-10-15(22-21-14,16(18,19)20)8-7-12(4)17/h5-7,9H,1,8,10H2,2-4H3. The molecule has 0 aromatic heterocycles. The molecular weight excluding hydrogens is 315 g/mol. The van der Waals surface area contributed by atoms with Crippen molar-refractivity contribution >= 4 is 17.3 Å². The van der Waals surface area contributed by atoms with E-state index in [1.165, 1.54) is 13.0 Å². The minimum Gasteiger partial charge on any atom is -0.378 e. The number of oxime groups is 1. The van der Waals surface area contributed by atoms with Gasteiger partial charge in [-0.2, -0.15) is 13.2 Å². The number of rotatable bonds is 5. The Morgan fingerprint density at radius 1 is 1.45 bits per heavy atom. The van der Waals surface area contributed by atoms with Crippen LogP contribution < -0.4 is 0 Å². The second-order valence-corrected chi connectivity index (χ2v) is 5.73. The first-order valence-electron chi connectivity index (χ1n) is 6.76. The molecule has 0 spiro atoms. The Morgan fingerprint density at radius 2 is 2.09 bits per heavy atom. The maximum Gasteiger partial charge on any atom is 0.431 e. The zero-order valence-corrected chi connectivity index (χ0v) is 13.6. The molecule has 0 fully saturated rings. The molecule has 0 aromatic carbocycles. The van der Waals surface area contributed by atoms with Gasteiger partial charge >= 0.3 is 6.18 Å². The highest BCUT2D eigenvalue weighted by Gasteiger charge is 2.60. The average Bonchev–Trinajstić information content (AvgIpc) is 2.87. The molecule has 22 heavy (non-hydrogen) atoms. The van der Waals surface area contributed by atoms with Gasteiger partial charge in [0.2, 0.25) is 5.60 Å². The van der Waals surface area contributed by atoms with Gasteiger partial charge in [0, 0.05) is 17.9 Å². The molecule has 0 saturated carbocycles. The Morgan fingerprint density at radius 3 is 2.55 bits per heavy atom. The summed E-state index contributed by atoms with van der Waals surface area (Å²) in [5.41, 5.74) is -0.670. The molecule has 1 unspecified atom stereocenters. The van der Waals surface area contributed by atoms with E-state index in [-0.39, 0.29) is 23.6 Å². The summed E-state index contributed by atoms with van der Waals surface area (Å²) < 4.78 is 40.2. The number of allylic oxidation sites excluding steroid dienone is 6. The van der Waals surface area contributed by atoms with E-state index in [1.54, 1.807) is 25.2 Å². The van der Waals surface area contributed by atoms with Crippen LogP contribution in [0.3, 0.4) is 0 Å². The molecule has 122 valence electrons. The lowest BCUT2D eigenvalue weighted by Crippen LogP contribution is -2.45. The zero-order chi connectivity index (χ0) is 17.0. The van der Waals surface area contributed by atoms with Gasteiger partial charge in [-0.3, -0.25) is 0 Å². The van der Waals surface area contributed by atoms with Crippen molar-refractivity contribution in [3.05, 3.63) is 47.1 Å². The number of alkyl halides is 3. The summed E-state index contributed by atoms with van der Waals surface area (Å²) >= 11 is 5.65. The number of halogens is 4. The molecule has 0 radical (unpaired) electrons. The largest absolute Gasteiger partial charge is 0.431 e. The molecule has 1 aliphatic heterocycles. The van der Waals surface area contributed by atoms with Crippen molar-refractivity contribution in [1.29, 1.82) is 0 Å². The molecule has 0 bridgehead atoms. The molecule has 0 aliphatic carbocycles. The van der Waals surface area contributed by atoms with Crippen molar-refractivity contribution in [3.63, 3.8) is 0 Å². The van der Waals surface area contributed by atoms with E-state index in [2.05, 4.69) is 11.7 Å². The Bertz CT molecular complexity index is 554. The Balaban J connectivity index is 3.08. The fourth-order valence-corrected chi connectivity index (χ4v) is 2.03. The highest BCUT2D eigenvalue weighted by Crippen LogP contribution is 2.44. The van der Waals surface area contributed by atoms with Crippen LogP contribution in [-0.2, 0) is 4.84 Å². The van der Waals surface area contributed by atoms with E-state index in [0.29, 0.717) is 5.57 Å². The van der Waals surface area contributed by atoms with E-state index < -0.39 is 11.8 Å². The normalized spacial score (nSPS) is 24.1. The lowest BCUT2D eigenvalue weighted by molar-refractivity contribution is -0.267. The maximum absolute atomic E-state index is 13.4. The quantitative estimate of drug-likeness (QED) is 0.593. The zero-order valence-electron chi connectivity index (χ0n) is 12.8. The van der Waals surface area contributed by atoms with Crippen molar-refractivity contribution in [3.8, 4) is 0 Å².